The van der Waals surface area contributed by atoms with E-state index in [1.807, 2.05) is 27.7 Å². The molecule has 0 spiro atoms. The number of nitrogen functional groups attached to an aromatic ring is 1. The number of hydrogen-bond donors (Lipinski definition) is 1. The van der Waals surface area contributed by atoms with Crippen molar-refractivity contribution in [3.05, 3.63) is 23.8 Å². The van der Waals surface area contributed by atoms with Gasteiger partial charge in [-0.1, -0.05) is 27.7 Å². The fourth-order valence-electron chi connectivity index (χ4n) is 2.30. The number of amides is 1. The summed E-state index contributed by atoms with van der Waals surface area (Å²) >= 11 is 0. The number of nitrogens with zero attached hydrogens (tertiary/aromatic N) is 1. The maximum atomic E-state index is 12.2. The number of rotatable bonds is 9. The van der Waals surface area contributed by atoms with Crippen molar-refractivity contribution in [3.8, 4) is 5.75 Å². The summed E-state index contributed by atoms with van der Waals surface area (Å²) in [7, 11) is 0. The van der Waals surface area contributed by atoms with Crippen LogP contribution in [0.2, 0.25) is 0 Å². The summed E-state index contributed by atoms with van der Waals surface area (Å²) in [6.07, 6.45) is 1.83. The summed E-state index contributed by atoms with van der Waals surface area (Å²) in [5.41, 5.74) is 6.88. The topological polar surface area (TPSA) is 72.6 Å². The van der Waals surface area contributed by atoms with Gasteiger partial charge in [-0.3, -0.25) is 9.59 Å². The van der Waals surface area contributed by atoms with E-state index in [0.29, 0.717) is 17.0 Å². The number of hydrogen-bond acceptors (Lipinski definition) is 4. The van der Waals surface area contributed by atoms with E-state index in [-0.39, 0.29) is 24.2 Å². The molecule has 0 saturated heterocycles. The van der Waals surface area contributed by atoms with Gasteiger partial charge in [0.15, 0.2) is 12.4 Å². The Morgan fingerprint density at radius 1 is 1.17 bits per heavy atom. The van der Waals surface area contributed by atoms with E-state index < -0.39 is 0 Å². The van der Waals surface area contributed by atoms with E-state index in [2.05, 4.69) is 0 Å². The standard InChI is InChI=1S/C18H28N2O3/c1-5-9-20(10-6-2)17(21)12-23-16-8-7-14(11-15(16)19)18(22)13(3)4/h7-8,11,13H,5-6,9-10,12,19H2,1-4H3. The molecule has 0 aliphatic heterocycles. The first kappa shape index (κ1) is 19.0. The molecule has 0 unspecified atom stereocenters. The third kappa shape index (κ3) is 5.58. The quantitative estimate of drug-likeness (QED) is 0.560. The molecule has 0 bridgehead atoms. The van der Waals surface area contributed by atoms with Crippen LogP contribution in [0.3, 0.4) is 0 Å². The maximum Gasteiger partial charge on any atom is 0.260 e. The minimum atomic E-state index is -0.0839. The van der Waals surface area contributed by atoms with Crippen molar-refractivity contribution in [1.29, 1.82) is 0 Å². The van der Waals surface area contributed by atoms with E-state index >= 15 is 0 Å². The molecule has 0 aromatic heterocycles. The summed E-state index contributed by atoms with van der Waals surface area (Å²) in [5.74, 6) is 0.345. The fraction of sp³-hybridized carbons (Fsp3) is 0.556. The zero-order chi connectivity index (χ0) is 17.4. The molecule has 0 atom stereocenters. The molecule has 0 aliphatic carbocycles. The molecule has 2 N–H and O–H groups in total. The van der Waals surface area contributed by atoms with Crippen LogP contribution in [0.5, 0.6) is 5.75 Å². The molecule has 5 nitrogen and oxygen atoms in total. The number of Topliss-reactive ketones (excluding diaryl/α,β-unsaturated/α-hetero) is 1. The number of carbonyl (C=O) groups excluding carboxylic acids is 2. The fourth-order valence-corrected chi connectivity index (χ4v) is 2.30. The van der Waals surface area contributed by atoms with Gasteiger partial charge in [0.05, 0.1) is 5.69 Å². The second kappa shape index (κ2) is 9.18. The number of ether oxygens (including phenoxy) is 1. The number of benzene rings is 1. The van der Waals surface area contributed by atoms with Crippen LogP contribution in [0.4, 0.5) is 5.69 Å². The molecule has 1 amide bonds. The van der Waals surface area contributed by atoms with E-state index in [0.717, 1.165) is 25.9 Å². The van der Waals surface area contributed by atoms with Crippen LogP contribution in [0, 0.1) is 5.92 Å². The SMILES string of the molecule is CCCN(CCC)C(=O)COc1ccc(C(=O)C(C)C)cc1N. The lowest BCUT2D eigenvalue weighted by atomic mass is 10.0. The Bertz CT molecular complexity index is 535. The Hall–Kier alpha value is -2.04. The molecular weight excluding hydrogens is 292 g/mol. The summed E-state index contributed by atoms with van der Waals surface area (Å²) in [4.78, 5) is 25.9. The average Bonchev–Trinajstić information content (AvgIpc) is 2.52. The zero-order valence-electron chi connectivity index (χ0n) is 14.6. The molecule has 0 aliphatic rings. The van der Waals surface area contributed by atoms with Gasteiger partial charge in [0.2, 0.25) is 0 Å². The molecule has 0 saturated carbocycles. The summed E-state index contributed by atoms with van der Waals surface area (Å²) in [6, 6.07) is 4.95. The van der Waals surface area contributed by atoms with Crippen LogP contribution in [0.15, 0.2) is 18.2 Å². The maximum absolute atomic E-state index is 12.2. The minimum absolute atomic E-state index is 0.0383. The predicted molar refractivity (Wildman–Crippen MR) is 92.7 cm³/mol. The summed E-state index contributed by atoms with van der Waals surface area (Å²) in [6.45, 7) is 9.19. The number of anilines is 1. The van der Waals surface area contributed by atoms with Crippen LogP contribution in [0.1, 0.15) is 50.9 Å². The molecule has 1 aromatic carbocycles. The number of nitrogens with two attached hydrogens (primary N) is 1. The molecular formula is C18H28N2O3. The Balaban J connectivity index is 2.71. The second-order valence-electron chi connectivity index (χ2n) is 5.94. The van der Waals surface area contributed by atoms with E-state index in [1.54, 1.807) is 23.1 Å². The van der Waals surface area contributed by atoms with Crippen LogP contribution < -0.4 is 10.5 Å². The van der Waals surface area contributed by atoms with Crippen molar-refractivity contribution >= 4 is 17.4 Å². The summed E-state index contributed by atoms with van der Waals surface area (Å²) in [5, 5.41) is 0. The smallest absolute Gasteiger partial charge is 0.260 e. The van der Waals surface area contributed by atoms with Gasteiger partial charge in [0.1, 0.15) is 5.75 Å². The van der Waals surface area contributed by atoms with Crippen molar-refractivity contribution < 1.29 is 14.3 Å². The molecule has 1 rings (SSSR count). The highest BCUT2D eigenvalue weighted by atomic mass is 16.5. The monoisotopic (exact) mass is 320 g/mol. The highest BCUT2D eigenvalue weighted by Crippen LogP contribution is 2.24. The molecule has 0 fully saturated rings. The third-order valence-corrected chi connectivity index (χ3v) is 3.51. The van der Waals surface area contributed by atoms with Gasteiger partial charge in [-0.05, 0) is 31.0 Å². The van der Waals surface area contributed by atoms with Gasteiger partial charge in [-0.25, -0.2) is 0 Å². The second-order valence-corrected chi connectivity index (χ2v) is 5.94. The average molecular weight is 320 g/mol. The van der Waals surface area contributed by atoms with Crippen LogP contribution >= 0.6 is 0 Å². The van der Waals surface area contributed by atoms with Crippen molar-refractivity contribution in [2.24, 2.45) is 5.92 Å². The van der Waals surface area contributed by atoms with Crippen molar-refractivity contribution in [2.45, 2.75) is 40.5 Å². The zero-order valence-corrected chi connectivity index (χ0v) is 14.6. The Morgan fingerprint density at radius 3 is 2.26 bits per heavy atom. The number of carbonyl (C=O) groups is 2. The highest BCUT2D eigenvalue weighted by Gasteiger charge is 2.15. The lowest BCUT2D eigenvalue weighted by Crippen LogP contribution is -2.36. The normalized spacial score (nSPS) is 10.7. The molecule has 128 valence electrons. The van der Waals surface area contributed by atoms with Gasteiger partial charge in [0.25, 0.3) is 5.91 Å². The van der Waals surface area contributed by atoms with E-state index in [4.69, 9.17) is 10.5 Å². The van der Waals surface area contributed by atoms with Crippen LogP contribution in [0.25, 0.3) is 0 Å². The highest BCUT2D eigenvalue weighted by molar-refractivity contribution is 5.98. The first-order valence-electron chi connectivity index (χ1n) is 8.24. The number of ketones is 1. The van der Waals surface area contributed by atoms with Crippen molar-refractivity contribution in [2.75, 3.05) is 25.4 Å². The first-order valence-corrected chi connectivity index (χ1v) is 8.24. The van der Waals surface area contributed by atoms with Gasteiger partial charge in [-0.2, -0.15) is 0 Å². The molecule has 5 heteroatoms. The van der Waals surface area contributed by atoms with E-state index in [9.17, 15) is 9.59 Å². The van der Waals surface area contributed by atoms with Gasteiger partial charge in [0, 0.05) is 24.6 Å². The largest absolute Gasteiger partial charge is 0.482 e. The molecule has 1 aromatic rings. The predicted octanol–water partition coefficient (Wildman–Crippen LogP) is 3.13. The van der Waals surface area contributed by atoms with Gasteiger partial charge in [-0.15, -0.1) is 0 Å². The van der Waals surface area contributed by atoms with Gasteiger partial charge >= 0.3 is 0 Å². The lowest BCUT2D eigenvalue weighted by molar-refractivity contribution is -0.133. The Labute approximate surface area is 138 Å². The van der Waals surface area contributed by atoms with E-state index in [1.165, 1.54) is 0 Å². The third-order valence-electron chi connectivity index (χ3n) is 3.51. The van der Waals surface area contributed by atoms with Crippen molar-refractivity contribution in [1.82, 2.24) is 4.90 Å². The molecule has 0 radical (unpaired) electrons. The minimum Gasteiger partial charge on any atom is -0.482 e. The van der Waals surface area contributed by atoms with Crippen LogP contribution in [-0.2, 0) is 4.79 Å². The first-order chi connectivity index (χ1) is 10.9. The van der Waals surface area contributed by atoms with Crippen molar-refractivity contribution in [3.63, 3.8) is 0 Å². The molecule has 23 heavy (non-hydrogen) atoms. The lowest BCUT2D eigenvalue weighted by Gasteiger charge is -2.21. The van der Waals surface area contributed by atoms with Gasteiger partial charge < -0.3 is 15.4 Å². The summed E-state index contributed by atoms with van der Waals surface area (Å²) < 4.78 is 5.54. The Kier molecular flexibility index (Phi) is 7.59. The molecule has 0 heterocycles. The Morgan fingerprint density at radius 2 is 1.78 bits per heavy atom. The van der Waals surface area contributed by atoms with Crippen LogP contribution in [-0.4, -0.2) is 36.3 Å².